The summed E-state index contributed by atoms with van der Waals surface area (Å²) >= 11 is 13.8. The lowest BCUT2D eigenvalue weighted by molar-refractivity contribution is -0.121. The molecule has 4 rings (SSSR count). The second-order valence-corrected chi connectivity index (χ2v) is 7.55. The highest BCUT2D eigenvalue weighted by molar-refractivity contribution is 7.11. The SMILES string of the molecule is O=C1C(c2cccs2)=C(N2CCOCC2)C(=O)N1c1cccc(Cl)c1Cl. The van der Waals surface area contributed by atoms with E-state index in [1.165, 1.54) is 11.3 Å². The standard InChI is InChI=1S/C18H14Cl2N2O3S/c19-11-3-1-4-12(15(11)20)22-17(23)14(13-5-2-10-26-13)16(18(22)24)21-6-8-25-9-7-21/h1-5,10H,6-9H2. The van der Waals surface area contributed by atoms with Crippen molar-refractivity contribution in [2.24, 2.45) is 0 Å². The summed E-state index contributed by atoms with van der Waals surface area (Å²) in [6.45, 7) is 2.14. The van der Waals surface area contributed by atoms with Crippen LogP contribution in [0.3, 0.4) is 0 Å². The van der Waals surface area contributed by atoms with Crippen LogP contribution in [0, 0.1) is 0 Å². The molecule has 26 heavy (non-hydrogen) atoms. The van der Waals surface area contributed by atoms with E-state index in [1.54, 1.807) is 18.2 Å². The highest BCUT2D eigenvalue weighted by Crippen LogP contribution is 2.40. The van der Waals surface area contributed by atoms with Crippen LogP contribution in [-0.2, 0) is 14.3 Å². The molecule has 0 unspecified atom stereocenters. The normalized spacial score (nSPS) is 18.2. The Morgan fingerprint density at radius 2 is 1.77 bits per heavy atom. The van der Waals surface area contributed by atoms with E-state index in [0.717, 1.165) is 9.78 Å². The molecular weight excluding hydrogens is 395 g/mol. The number of carbonyl (C=O) groups excluding carboxylic acids is 2. The molecule has 2 aromatic rings. The number of ether oxygens (including phenoxy) is 1. The Kier molecular flexibility index (Phi) is 4.75. The number of anilines is 1. The molecule has 0 spiro atoms. The van der Waals surface area contributed by atoms with Gasteiger partial charge in [0, 0.05) is 18.0 Å². The largest absolute Gasteiger partial charge is 0.378 e. The molecule has 8 heteroatoms. The number of morpholine rings is 1. The van der Waals surface area contributed by atoms with Gasteiger partial charge in [0.25, 0.3) is 11.8 Å². The van der Waals surface area contributed by atoms with Gasteiger partial charge in [-0.1, -0.05) is 35.3 Å². The summed E-state index contributed by atoms with van der Waals surface area (Å²) in [6, 6.07) is 8.61. The first-order chi connectivity index (χ1) is 12.6. The summed E-state index contributed by atoms with van der Waals surface area (Å²) < 4.78 is 5.38. The van der Waals surface area contributed by atoms with Crippen molar-refractivity contribution in [3.8, 4) is 0 Å². The maximum absolute atomic E-state index is 13.3. The molecule has 1 fully saturated rings. The molecule has 5 nitrogen and oxygen atoms in total. The molecule has 0 atom stereocenters. The fourth-order valence-electron chi connectivity index (χ4n) is 3.13. The Hall–Kier alpha value is -1.86. The van der Waals surface area contributed by atoms with E-state index in [2.05, 4.69) is 0 Å². The second kappa shape index (κ2) is 7.04. The van der Waals surface area contributed by atoms with Gasteiger partial charge in [-0.25, -0.2) is 4.90 Å². The van der Waals surface area contributed by atoms with Crippen molar-refractivity contribution in [1.29, 1.82) is 0 Å². The molecule has 3 heterocycles. The van der Waals surface area contributed by atoms with E-state index >= 15 is 0 Å². The van der Waals surface area contributed by atoms with Crippen molar-refractivity contribution >= 4 is 57.6 Å². The number of amides is 2. The van der Waals surface area contributed by atoms with Crippen LogP contribution in [0.4, 0.5) is 5.69 Å². The molecule has 134 valence electrons. The summed E-state index contributed by atoms with van der Waals surface area (Å²) in [5, 5.41) is 2.36. The summed E-state index contributed by atoms with van der Waals surface area (Å²) in [6.07, 6.45) is 0. The number of benzene rings is 1. The smallest absolute Gasteiger partial charge is 0.282 e. The number of hydrogen-bond donors (Lipinski definition) is 0. The zero-order valence-corrected chi connectivity index (χ0v) is 15.9. The fourth-order valence-corrected chi connectivity index (χ4v) is 4.27. The maximum Gasteiger partial charge on any atom is 0.282 e. The maximum atomic E-state index is 13.3. The first kappa shape index (κ1) is 17.5. The highest BCUT2D eigenvalue weighted by Gasteiger charge is 2.43. The van der Waals surface area contributed by atoms with Gasteiger partial charge in [-0.15, -0.1) is 11.3 Å². The third-order valence-electron chi connectivity index (χ3n) is 4.33. The molecule has 2 amide bonds. The lowest BCUT2D eigenvalue weighted by atomic mass is 10.1. The van der Waals surface area contributed by atoms with Gasteiger partial charge in [-0.2, -0.15) is 0 Å². The minimum absolute atomic E-state index is 0.185. The van der Waals surface area contributed by atoms with Crippen molar-refractivity contribution in [3.63, 3.8) is 0 Å². The minimum atomic E-state index is -0.386. The molecule has 1 aromatic heterocycles. The number of nitrogens with zero attached hydrogens (tertiary/aromatic N) is 2. The molecule has 0 saturated carbocycles. The van der Waals surface area contributed by atoms with Crippen molar-refractivity contribution in [3.05, 3.63) is 56.3 Å². The number of halogens is 2. The van der Waals surface area contributed by atoms with Crippen LogP contribution in [0.5, 0.6) is 0 Å². The first-order valence-corrected chi connectivity index (χ1v) is 9.67. The topological polar surface area (TPSA) is 49.9 Å². The Labute approximate surface area is 164 Å². The van der Waals surface area contributed by atoms with Crippen LogP contribution in [0.1, 0.15) is 4.88 Å². The van der Waals surface area contributed by atoms with Crippen LogP contribution in [0.2, 0.25) is 10.0 Å². The Morgan fingerprint density at radius 3 is 2.46 bits per heavy atom. The van der Waals surface area contributed by atoms with E-state index in [9.17, 15) is 9.59 Å². The summed E-state index contributed by atoms with van der Waals surface area (Å²) in [7, 11) is 0. The van der Waals surface area contributed by atoms with E-state index in [1.807, 2.05) is 22.4 Å². The molecule has 2 aliphatic rings. The average molecular weight is 409 g/mol. The second-order valence-electron chi connectivity index (χ2n) is 5.82. The fraction of sp³-hybridized carbons (Fsp3) is 0.222. The predicted molar refractivity (Wildman–Crippen MR) is 103 cm³/mol. The highest BCUT2D eigenvalue weighted by atomic mass is 35.5. The quantitative estimate of drug-likeness (QED) is 0.726. The van der Waals surface area contributed by atoms with Gasteiger partial charge in [0.1, 0.15) is 5.70 Å². The third kappa shape index (κ3) is 2.83. The van der Waals surface area contributed by atoms with Gasteiger partial charge in [0.05, 0.1) is 34.5 Å². The molecule has 0 bridgehead atoms. The van der Waals surface area contributed by atoms with E-state index in [0.29, 0.717) is 48.3 Å². The number of thiophene rings is 1. The summed E-state index contributed by atoms with van der Waals surface area (Å²) in [4.78, 5) is 30.3. The van der Waals surface area contributed by atoms with E-state index in [4.69, 9.17) is 27.9 Å². The molecule has 1 aromatic carbocycles. The number of hydrogen-bond acceptors (Lipinski definition) is 5. The van der Waals surface area contributed by atoms with E-state index in [-0.39, 0.29) is 16.8 Å². The van der Waals surface area contributed by atoms with Crippen molar-refractivity contribution in [1.82, 2.24) is 4.90 Å². The van der Waals surface area contributed by atoms with Crippen molar-refractivity contribution < 1.29 is 14.3 Å². The lowest BCUT2D eigenvalue weighted by Crippen LogP contribution is -2.40. The van der Waals surface area contributed by atoms with Gasteiger partial charge >= 0.3 is 0 Å². The molecule has 0 aliphatic carbocycles. The Bertz CT molecular complexity index is 905. The molecule has 2 aliphatic heterocycles. The third-order valence-corrected chi connectivity index (χ3v) is 6.02. The zero-order valence-electron chi connectivity index (χ0n) is 13.6. The van der Waals surface area contributed by atoms with Gasteiger partial charge in [-0.3, -0.25) is 9.59 Å². The van der Waals surface area contributed by atoms with Crippen LogP contribution >= 0.6 is 34.5 Å². The monoisotopic (exact) mass is 408 g/mol. The minimum Gasteiger partial charge on any atom is -0.378 e. The van der Waals surface area contributed by atoms with Crippen molar-refractivity contribution in [2.45, 2.75) is 0 Å². The molecule has 1 saturated heterocycles. The molecule has 0 radical (unpaired) electrons. The summed E-state index contributed by atoms with van der Waals surface area (Å²) in [5.74, 6) is -0.771. The van der Waals surface area contributed by atoms with Crippen molar-refractivity contribution in [2.75, 3.05) is 31.2 Å². The molecular formula is C18H14Cl2N2O3S. The van der Waals surface area contributed by atoms with Crippen LogP contribution in [-0.4, -0.2) is 43.0 Å². The first-order valence-electron chi connectivity index (χ1n) is 8.03. The Morgan fingerprint density at radius 1 is 1.00 bits per heavy atom. The molecule has 0 N–H and O–H groups in total. The van der Waals surface area contributed by atoms with Gasteiger partial charge < -0.3 is 9.64 Å². The average Bonchev–Trinajstić information content (AvgIpc) is 3.25. The number of rotatable bonds is 3. The number of imide groups is 1. The predicted octanol–water partition coefficient (Wildman–Crippen LogP) is 3.67. The van der Waals surface area contributed by atoms with Crippen LogP contribution < -0.4 is 4.90 Å². The number of carbonyl (C=O) groups is 2. The van der Waals surface area contributed by atoms with Gasteiger partial charge in [0.15, 0.2) is 0 Å². The summed E-state index contributed by atoms with van der Waals surface area (Å²) in [5.41, 5.74) is 1.10. The Balaban J connectivity index is 1.84. The van der Waals surface area contributed by atoms with E-state index < -0.39 is 0 Å². The van der Waals surface area contributed by atoms with Gasteiger partial charge in [-0.05, 0) is 23.6 Å². The van der Waals surface area contributed by atoms with Crippen LogP contribution in [0.15, 0.2) is 41.4 Å². The van der Waals surface area contributed by atoms with Crippen LogP contribution in [0.25, 0.3) is 5.57 Å². The lowest BCUT2D eigenvalue weighted by Gasteiger charge is -2.29. The zero-order chi connectivity index (χ0) is 18.3. The van der Waals surface area contributed by atoms with Gasteiger partial charge in [0.2, 0.25) is 0 Å².